The monoisotopic (exact) mass is 449 g/mol. The Morgan fingerprint density at radius 1 is 1.36 bits per heavy atom. The van der Waals surface area contributed by atoms with Crippen molar-refractivity contribution in [1.82, 2.24) is 9.78 Å². The van der Waals surface area contributed by atoms with Crippen molar-refractivity contribution in [3.05, 3.63) is 57.6 Å². The molecule has 2 N–H and O–H groups in total. The Labute approximate surface area is 177 Å². The first-order chi connectivity index (χ1) is 12.7. The fraction of sp³-hybridized carbons (Fsp3) is 0.421. The van der Waals surface area contributed by atoms with Gasteiger partial charge in [-0.15, -0.1) is 12.4 Å². The van der Waals surface area contributed by atoms with Crippen LogP contribution in [0.4, 0.5) is 4.39 Å². The second kappa shape index (κ2) is 10.4. The van der Waals surface area contributed by atoms with Gasteiger partial charge in [-0.2, -0.15) is 5.10 Å². The molecule has 0 aliphatic carbocycles. The van der Waals surface area contributed by atoms with E-state index in [1.165, 1.54) is 6.08 Å². The maximum absolute atomic E-state index is 13.8. The fourth-order valence-corrected chi connectivity index (χ4v) is 4.91. The van der Waals surface area contributed by atoms with Gasteiger partial charge < -0.3 is 5.73 Å². The second-order valence-corrected chi connectivity index (χ2v) is 8.94. The third-order valence-electron chi connectivity index (χ3n) is 4.36. The summed E-state index contributed by atoms with van der Waals surface area (Å²) in [6.45, 7) is 5.75. The van der Waals surface area contributed by atoms with Crippen LogP contribution in [-0.4, -0.2) is 30.5 Å². The van der Waals surface area contributed by atoms with E-state index >= 15 is 0 Å². The second-order valence-electron chi connectivity index (χ2n) is 6.45. The van der Waals surface area contributed by atoms with Gasteiger partial charge in [0.25, 0.3) is 0 Å². The zero-order chi connectivity index (χ0) is 20.2. The van der Waals surface area contributed by atoms with Crippen molar-refractivity contribution in [2.75, 3.05) is 12.3 Å². The molecule has 28 heavy (non-hydrogen) atoms. The van der Waals surface area contributed by atoms with Gasteiger partial charge in [0.1, 0.15) is 5.83 Å². The number of allylic oxidation sites excluding steroid dienone is 1. The van der Waals surface area contributed by atoms with Gasteiger partial charge in [-0.1, -0.05) is 24.6 Å². The van der Waals surface area contributed by atoms with Crippen molar-refractivity contribution < 1.29 is 12.8 Å². The molecule has 5 nitrogen and oxygen atoms in total. The number of nitrogens with zero attached hydrogens (tertiary/aromatic N) is 2. The normalized spacial score (nSPS) is 12.1. The van der Waals surface area contributed by atoms with Crippen LogP contribution in [0, 0.1) is 13.8 Å². The average molecular weight is 450 g/mol. The molecule has 0 bridgehead atoms. The zero-order valence-corrected chi connectivity index (χ0v) is 18.6. The Bertz CT molecular complexity index is 956. The molecular weight excluding hydrogens is 424 g/mol. The maximum atomic E-state index is 13.8. The van der Waals surface area contributed by atoms with Crippen LogP contribution in [0.15, 0.2) is 35.0 Å². The Morgan fingerprint density at radius 2 is 2.04 bits per heavy atom. The third kappa shape index (κ3) is 5.80. The zero-order valence-electron chi connectivity index (χ0n) is 16.2. The Balaban J connectivity index is 0.00000392. The number of hydrogen-bond acceptors (Lipinski definition) is 4. The standard InChI is InChI=1S/C19H25ClFN3O2S.ClH/c1-4-9-27(25,26)19-6-5-15(11-18(19)20)10-17-13(2)23-24(14(17)3)12-16(21)7-8-22;/h5-7,11H,4,8-10,12,22H2,1-3H3;1H/b16-7-;. The number of nitrogens with two attached hydrogens (primary N) is 1. The Morgan fingerprint density at radius 3 is 2.61 bits per heavy atom. The summed E-state index contributed by atoms with van der Waals surface area (Å²) in [5, 5.41) is 4.62. The lowest BCUT2D eigenvalue weighted by Crippen LogP contribution is -2.07. The lowest BCUT2D eigenvalue weighted by Gasteiger charge is -2.09. The summed E-state index contributed by atoms with van der Waals surface area (Å²) in [5.41, 5.74) is 8.83. The van der Waals surface area contributed by atoms with Crippen LogP contribution in [0.25, 0.3) is 0 Å². The van der Waals surface area contributed by atoms with E-state index in [1.54, 1.807) is 22.9 Å². The van der Waals surface area contributed by atoms with Gasteiger partial charge in [-0.25, -0.2) is 12.8 Å². The summed E-state index contributed by atoms with van der Waals surface area (Å²) in [6, 6.07) is 5.00. The first-order valence-corrected chi connectivity index (χ1v) is 10.8. The van der Waals surface area contributed by atoms with Crippen LogP contribution in [0.1, 0.15) is 35.9 Å². The topological polar surface area (TPSA) is 78.0 Å². The highest BCUT2D eigenvalue weighted by atomic mass is 35.5. The lowest BCUT2D eigenvalue weighted by atomic mass is 10.0. The van der Waals surface area contributed by atoms with Crippen molar-refractivity contribution in [1.29, 1.82) is 0 Å². The van der Waals surface area contributed by atoms with Gasteiger partial charge in [-0.05, 0) is 44.0 Å². The van der Waals surface area contributed by atoms with Gasteiger partial charge in [-0.3, -0.25) is 4.68 Å². The Kier molecular flexibility index (Phi) is 9.14. The molecule has 0 fully saturated rings. The van der Waals surface area contributed by atoms with Crippen LogP contribution in [0.3, 0.4) is 0 Å². The maximum Gasteiger partial charge on any atom is 0.179 e. The fourth-order valence-electron chi connectivity index (χ4n) is 2.97. The minimum Gasteiger partial charge on any atom is -0.327 e. The molecule has 0 saturated carbocycles. The first-order valence-electron chi connectivity index (χ1n) is 8.78. The van der Waals surface area contributed by atoms with Crippen LogP contribution in [-0.2, 0) is 22.8 Å². The molecule has 0 radical (unpaired) electrons. The SMILES string of the molecule is CCCS(=O)(=O)c1ccc(Cc2c(C)nn(C/C(F)=C/CN)c2C)cc1Cl.Cl. The van der Waals surface area contributed by atoms with Crippen LogP contribution >= 0.6 is 24.0 Å². The number of halogens is 3. The summed E-state index contributed by atoms with van der Waals surface area (Å²) in [6.07, 6.45) is 2.40. The molecule has 0 aliphatic rings. The highest BCUT2D eigenvalue weighted by Crippen LogP contribution is 2.26. The molecule has 0 atom stereocenters. The van der Waals surface area contributed by atoms with E-state index in [2.05, 4.69) is 5.10 Å². The van der Waals surface area contributed by atoms with Gasteiger partial charge in [0, 0.05) is 24.2 Å². The van der Waals surface area contributed by atoms with E-state index in [4.69, 9.17) is 17.3 Å². The average Bonchev–Trinajstić information content (AvgIpc) is 2.82. The third-order valence-corrected chi connectivity index (χ3v) is 6.75. The van der Waals surface area contributed by atoms with E-state index in [9.17, 15) is 12.8 Å². The predicted octanol–water partition coefficient (Wildman–Crippen LogP) is 4.16. The van der Waals surface area contributed by atoms with Gasteiger partial charge in [0.15, 0.2) is 9.84 Å². The van der Waals surface area contributed by atoms with Crippen LogP contribution in [0.2, 0.25) is 5.02 Å². The van der Waals surface area contributed by atoms with Gasteiger partial charge >= 0.3 is 0 Å². The Hall–Kier alpha value is -1.41. The number of hydrogen-bond donors (Lipinski definition) is 1. The van der Waals surface area contributed by atoms with E-state index in [1.807, 2.05) is 20.8 Å². The quantitative estimate of drug-likeness (QED) is 0.655. The number of aryl methyl sites for hydroxylation is 1. The van der Waals surface area contributed by atoms with E-state index < -0.39 is 9.84 Å². The molecule has 9 heteroatoms. The lowest BCUT2D eigenvalue weighted by molar-refractivity contribution is 0.517. The van der Waals surface area contributed by atoms with Gasteiger partial charge in [0.2, 0.25) is 0 Å². The summed E-state index contributed by atoms with van der Waals surface area (Å²) in [4.78, 5) is 0.160. The molecule has 0 unspecified atom stereocenters. The number of aromatic nitrogens is 2. The van der Waals surface area contributed by atoms with Crippen molar-refractivity contribution in [2.45, 2.75) is 45.1 Å². The number of benzene rings is 1. The number of rotatable bonds is 8. The molecule has 0 aliphatic heterocycles. The summed E-state index contributed by atoms with van der Waals surface area (Å²) >= 11 is 6.24. The van der Waals surface area contributed by atoms with E-state index in [0.717, 1.165) is 22.5 Å². The molecule has 156 valence electrons. The smallest absolute Gasteiger partial charge is 0.179 e. The largest absolute Gasteiger partial charge is 0.327 e. The molecule has 0 amide bonds. The minimum absolute atomic E-state index is 0. The molecule has 2 aromatic rings. The predicted molar refractivity (Wildman–Crippen MR) is 114 cm³/mol. The van der Waals surface area contributed by atoms with Gasteiger partial charge in [0.05, 0.1) is 27.9 Å². The molecule has 0 spiro atoms. The first kappa shape index (κ1) is 24.6. The summed E-state index contributed by atoms with van der Waals surface area (Å²) in [5.74, 6) is -0.262. The molecular formula is C19H26Cl2FN3O2S. The van der Waals surface area contributed by atoms with Crippen molar-refractivity contribution in [3.8, 4) is 0 Å². The summed E-state index contributed by atoms with van der Waals surface area (Å²) < 4.78 is 39.8. The van der Waals surface area contributed by atoms with Crippen LogP contribution < -0.4 is 5.73 Å². The molecule has 1 aromatic carbocycles. The van der Waals surface area contributed by atoms with Crippen LogP contribution in [0.5, 0.6) is 0 Å². The highest BCUT2D eigenvalue weighted by Gasteiger charge is 2.18. The van der Waals surface area contributed by atoms with E-state index in [-0.39, 0.29) is 47.0 Å². The molecule has 1 heterocycles. The van der Waals surface area contributed by atoms with E-state index in [0.29, 0.717) is 12.8 Å². The molecule has 2 rings (SSSR count). The van der Waals surface area contributed by atoms with Crippen molar-refractivity contribution in [2.24, 2.45) is 5.73 Å². The number of sulfone groups is 1. The minimum atomic E-state index is -3.37. The highest BCUT2D eigenvalue weighted by molar-refractivity contribution is 7.91. The summed E-state index contributed by atoms with van der Waals surface area (Å²) in [7, 11) is -3.37. The molecule has 0 saturated heterocycles. The van der Waals surface area contributed by atoms with Crippen molar-refractivity contribution in [3.63, 3.8) is 0 Å². The molecule has 1 aromatic heterocycles. The van der Waals surface area contributed by atoms with Crippen molar-refractivity contribution >= 4 is 33.8 Å².